The fraction of sp³-hybridized carbons (Fsp3) is 0. The Morgan fingerprint density at radius 1 is 0.291 bits per heavy atom. The first-order valence-corrected chi connectivity index (χ1v) is 18.8. The van der Waals surface area contributed by atoms with Gasteiger partial charge in [0.25, 0.3) is 0 Å². The Bertz CT molecular complexity index is 3490. The second kappa shape index (κ2) is 11.6. The molecular weight excluding hydrogens is 669 g/mol. The van der Waals surface area contributed by atoms with Crippen molar-refractivity contribution in [1.29, 1.82) is 0 Å². The number of benzene rings is 9. The molecule has 0 spiro atoms. The third-order valence-electron chi connectivity index (χ3n) is 11.5. The van der Waals surface area contributed by atoms with Crippen LogP contribution in [0.5, 0.6) is 0 Å². The molecule has 0 bridgehead atoms. The van der Waals surface area contributed by atoms with Crippen molar-refractivity contribution in [3.05, 3.63) is 194 Å². The van der Waals surface area contributed by atoms with E-state index in [1.54, 1.807) is 0 Å². The maximum absolute atomic E-state index is 6.18. The van der Waals surface area contributed by atoms with Gasteiger partial charge in [0.1, 0.15) is 11.2 Å². The van der Waals surface area contributed by atoms with E-state index in [0.717, 1.165) is 33.3 Å². The number of aromatic nitrogens is 2. The number of hydrogen-bond acceptors (Lipinski definition) is 1. The second-order valence-corrected chi connectivity index (χ2v) is 14.5. The average molecular weight is 701 g/mol. The Labute approximate surface area is 316 Å². The highest BCUT2D eigenvalue weighted by atomic mass is 16.3. The zero-order valence-corrected chi connectivity index (χ0v) is 29.8. The van der Waals surface area contributed by atoms with Crippen molar-refractivity contribution in [1.82, 2.24) is 9.13 Å². The highest BCUT2D eigenvalue weighted by Gasteiger charge is 2.18. The summed E-state index contributed by atoms with van der Waals surface area (Å²) in [4.78, 5) is 0. The molecule has 3 nitrogen and oxygen atoms in total. The molecule has 9 aromatic carbocycles. The average Bonchev–Trinajstić information content (AvgIpc) is 3.90. The first-order valence-electron chi connectivity index (χ1n) is 18.8. The van der Waals surface area contributed by atoms with Gasteiger partial charge in [-0.2, -0.15) is 0 Å². The summed E-state index contributed by atoms with van der Waals surface area (Å²) < 4.78 is 11.0. The van der Waals surface area contributed by atoms with Gasteiger partial charge in [-0.05, 0) is 106 Å². The summed E-state index contributed by atoms with van der Waals surface area (Å²) in [6.45, 7) is 0. The molecule has 0 aliphatic heterocycles. The van der Waals surface area contributed by atoms with Crippen LogP contribution in [0, 0.1) is 0 Å². The van der Waals surface area contributed by atoms with Gasteiger partial charge in [-0.15, -0.1) is 0 Å². The molecule has 3 heteroatoms. The molecule has 0 N–H and O–H groups in total. The summed E-state index contributed by atoms with van der Waals surface area (Å²) in [7, 11) is 0. The highest BCUT2D eigenvalue weighted by Crippen LogP contribution is 2.41. The molecule has 0 aliphatic carbocycles. The molecule has 3 aromatic heterocycles. The molecule has 0 amide bonds. The minimum Gasteiger partial charge on any atom is -0.456 e. The second-order valence-electron chi connectivity index (χ2n) is 14.5. The van der Waals surface area contributed by atoms with E-state index < -0.39 is 0 Å². The van der Waals surface area contributed by atoms with Crippen molar-refractivity contribution in [3.63, 3.8) is 0 Å². The monoisotopic (exact) mass is 700 g/mol. The van der Waals surface area contributed by atoms with E-state index in [0.29, 0.717) is 0 Å². The summed E-state index contributed by atoms with van der Waals surface area (Å²) in [6, 6.07) is 70.4. The lowest BCUT2D eigenvalue weighted by molar-refractivity contribution is 0.669. The van der Waals surface area contributed by atoms with Crippen LogP contribution in [-0.4, -0.2) is 9.13 Å². The molecular formula is C52H32N2O. The lowest BCUT2D eigenvalue weighted by Gasteiger charge is -2.14. The van der Waals surface area contributed by atoms with Crippen molar-refractivity contribution in [3.8, 4) is 33.6 Å². The van der Waals surface area contributed by atoms with E-state index in [1.807, 2.05) is 12.1 Å². The third-order valence-corrected chi connectivity index (χ3v) is 11.5. The zero-order valence-electron chi connectivity index (χ0n) is 29.8. The van der Waals surface area contributed by atoms with E-state index in [1.165, 1.54) is 76.6 Å². The first kappa shape index (κ1) is 30.1. The van der Waals surface area contributed by atoms with Crippen molar-refractivity contribution in [2.24, 2.45) is 0 Å². The summed E-state index contributed by atoms with van der Waals surface area (Å²) in [5.41, 5.74) is 13.7. The summed E-state index contributed by atoms with van der Waals surface area (Å²) in [6.07, 6.45) is 0. The Kier molecular flexibility index (Phi) is 6.34. The van der Waals surface area contributed by atoms with Crippen LogP contribution < -0.4 is 0 Å². The topological polar surface area (TPSA) is 23.0 Å². The van der Waals surface area contributed by atoms with Gasteiger partial charge in [-0.25, -0.2) is 0 Å². The maximum atomic E-state index is 6.18. The molecule has 0 radical (unpaired) electrons. The normalized spacial score (nSPS) is 12.0. The molecule has 0 fully saturated rings. The minimum absolute atomic E-state index is 0.905. The highest BCUT2D eigenvalue weighted by molar-refractivity contribution is 6.14. The summed E-state index contributed by atoms with van der Waals surface area (Å²) >= 11 is 0. The fourth-order valence-corrected chi connectivity index (χ4v) is 8.99. The van der Waals surface area contributed by atoms with Crippen LogP contribution in [0.15, 0.2) is 199 Å². The van der Waals surface area contributed by atoms with Crippen molar-refractivity contribution in [2.75, 3.05) is 0 Å². The van der Waals surface area contributed by atoms with Crippen LogP contribution in [0.1, 0.15) is 0 Å². The lowest BCUT2D eigenvalue weighted by Crippen LogP contribution is -1.95. The van der Waals surface area contributed by atoms with E-state index in [2.05, 4.69) is 191 Å². The van der Waals surface area contributed by atoms with Gasteiger partial charge in [0, 0.05) is 43.7 Å². The Morgan fingerprint density at radius 3 is 1.55 bits per heavy atom. The molecule has 0 saturated carbocycles. The van der Waals surface area contributed by atoms with E-state index in [9.17, 15) is 0 Å². The summed E-state index contributed by atoms with van der Waals surface area (Å²) in [5, 5.41) is 9.70. The summed E-state index contributed by atoms with van der Waals surface area (Å²) in [5.74, 6) is 0. The predicted molar refractivity (Wildman–Crippen MR) is 231 cm³/mol. The molecule has 3 heterocycles. The number of furan rings is 1. The molecule has 0 saturated heterocycles. The third kappa shape index (κ3) is 4.50. The lowest BCUT2D eigenvalue weighted by atomic mass is 9.97. The van der Waals surface area contributed by atoms with Crippen LogP contribution in [0.2, 0.25) is 0 Å². The van der Waals surface area contributed by atoms with Gasteiger partial charge in [0.15, 0.2) is 0 Å². The molecule has 0 unspecified atom stereocenters. The first-order chi connectivity index (χ1) is 27.3. The molecule has 12 aromatic rings. The Hall–Kier alpha value is -7.36. The molecule has 12 rings (SSSR count). The molecule has 0 atom stereocenters. The SMILES string of the molecule is c1ccc(-c2cc(-n3c4ccccc4c4cc(-c5ccc6c(c5)c5ccccc5n6-c5ccc6oc7ccccc7c6c5)ccc43)cc3ccccc23)cc1. The van der Waals surface area contributed by atoms with Gasteiger partial charge < -0.3 is 13.6 Å². The standard InChI is InChI=1S/C52H32N2O/c1-2-12-33(13-3-1)43-32-38(28-36-14-4-5-15-39(36)43)54-48-20-10-7-17-41(48)45-30-35(23-26-50(45)54)34-22-25-49-44(29-34)40-16-6-9-19-47(40)53(49)37-24-27-52-46(31-37)42-18-8-11-21-51(42)55-52/h1-32H. The van der Waals surface area contributed by atoms with Crippen molar-refractivity contribution in [2.45, 2.75) is 0 Å². The van der Waals surface area contributed by atoms with Gasteiger partial charge in [0.2, 0.25) is 0 Å². The van der Waals surface area contributed by atoms with Crippen LogP contribution in [-0.2, 0) is 0 Å². The zero-order chi connectivity index (χ0) is 36.0. The Morgan fingerprint density at radius 2 is 0.836 bits per heavy atom. The van der Waals surface area contributed by atoms with Gasteiger partial charge in [-0.3, -0.25) is 0 Å². The number of rotatable bonds is 4. The van der Waals surface area contributed by atoms with Gasteiger partial charge in [-0.1, -0.05) is 121 Å². The predicted octanol–water partition coefficient (Wildman–Crippen LogP) is 14.3. The fourth-order valence-electron chi connectivity index (χ4n) is 8.99. The van der Waals surface area contributed by atoms with Gasteiger partial charge >= 0.3 is 0 Å². The molecule has 55 heavy (non-hydrogen) atoms. The van der Waals surface area contributed by atoms with Crippen LogP contribution >= 0.6 is 0 Å². The van der Waals surface area contributed by atoms with E-state index in [-0.39, 0.29) is 0 Å². The van der Waals surface area contributed by atoms with E-state index >= 15 is 0 Å². The minimum atomic E-state index is 0.905. The van der Waals surface area contributed by atoms with Crippen molar-refractivity contribution >= 4 is 76.3 Å². The Balaban J connectivity index is 1.04. The van der Waals surface area contributed by atoms with Crippen molar-refractivity contribution < 1.29 is 4.42 Å². The quantitative estimate of drug-likeness (QED) is 0.179. The number of fused-ring (bicyclic) bond motifs is 10. The van der Waals surface area contributed by atoms with E-state index in [4.69, 9.17) is 4.42 Å². The van der Waals surface area contributed by atoms with Crippen LogP contribution in [0.3, 0.4) is 0 Å². The number of para-hydroxylation sites is 3. The number of hydrogen-bond donors (Lipinski definition) is 0. The maximum Gasteiger partial charge on any atom is 0.135 e. The smallest absolute Gasteiger partial charge is 0.135 e. The molecule has 0 aliphatic rings. The largest absolute Gasteiger partial charge is 0.456 e. The molecule has 256 valence electrons. The number of nitrogens with zero attached hydrogens (tertiary/aromatic N) is 2. The van der Waals surface area contributed by atoms with Gasteiger partial charge in [0.05, 0.1) is 22.1 Å². The van der Waals surface area contributed by atoms with Crippen LogP contribution in [0.25, 0.3) is 110 Å². The van der Waals surface area contributed by atoms with Crippen LogP contribution in [0.4, 0.5) is 0 Å².